The molecule has 5 nitrogen and oxygen atoms in total. The van der Waals surface area contributed by atoms with Crippen molar-refractivity contribution >= 4 is 11.9 Å². The van der Waals surface area contributed by atoms with Crippen molar-refractivity contribution in [2.45, 2.75) is 19.3 Å². The number of fused-ring (bicyclic) bond motifs is 3. The van der Waals surface area contributed by atoms with Crippen LogP contribution in [-0.4, -0.2) is 22.9 Å². The summed E-state index contributed by atoms with van der Waals surface area (Å²) in [5, 5.41) is 6.00. The highest BCUT2D eigenvalue weighted by molar-refractivity contribution is 5.95. The smallest absolute Gasteiger partial charge is 0.255 e. The molecule has 1 aromatic heterocycles. The second-order valence-electron chi connectivity index (χ2n) is 7.54. The summed E-state index contributed by atoms with van der Waals surface area (Å²) in [6, 6.07) is 17.6. The Morgan fingerprint density at radius 3 is 2.66 bits per heavy atom. The van der Waals surface area contributed by atoms with Gasteiger partial charge in [-0.1, -0.05) is 60.7 Å². The number of rotatable bonds is 6. The van der Waals surface area contributed by atoms with Crippen molar-refractivity contribution in [1.82, 2.24) is 15.3 Å². The highest BCUT2D eigenvalue weighted by atomic mass is 16.1. The summed E-state index contributed by atoms with van der Waals surface area (Å²) < 4.78 is 0. The minimum atomic E-state index is -0.127. The molecule has 0 radical (unpaired) electrons. The fourth-order valence-corrected chi connectivity index (χ4v) is 3.87. The van der Waals surface area contributed by atoms with Crippen LogP contribution in [0.2, 0.25) is 0 Å². The van der Waals surface area contributed by atoms with Crippen LogP contribution in [0.4, 0.5) is 5.95 Å². The van der Waals surface area contributed by atoms with Crippen LogP contribution in [0.1, 0.15) is 34.3 Å². The molecule has 1 amide bonds. The molecule has 32 heavy (non-hydrogen) atoms. The monoisotopic (exact) mass is 422 g/mol. The predicted octanol–water partition coefficient (Wildman–Crippen LogP) is 5.27. The molecule has 1 aliphatic carbocycles. The topological polar surface area (TPSA) is 66.9 Å². The van der Waals surface area contributed by atoms with E-state index in [1.807, 2.05) is 68.7 Å². The lowest BCUT2D eigenvalue weighted by Gasteiger charge is -2.25. The molecule has 1 aliphatic rings. The van der Waals surface area contributed by atoms with Crippen molar-refractivity contribution in [2.75, 3.05) is 12.4 Å². The van der Waals surface area contributed by atoms with Crippen LogP contribution in [0.25, 0.3) is 11.3 Å². The normalized spacial score (nSPS) is 15.4. The van der Waals surface area contributed by atoms with Crippen LogP contribution >= 0.6 is 0 Å². The van der Waals surface area contributed by atoms with E-state index in [2.05, 4.69) is 44.9 Å². The van der Waals surface area contributed by atoms with Gasteiger partial charge in [-0.3, -0.25) is 4.79 Å². The van der Waals surface area contributed by atoms with Gasteiger partial charge in [0.25, 0.3) is 5.91 Å². The third-order valence-corrected chi connectivity index (χ3v) is 5.40. The Hall–Kier alpha value is -3.99. The first kappa shape index (κ1) is 21.2. The van der Waals surface area contributed by atoms with E-state index < -0.39 is 0 Å². The van der Waals surface area contributed by atoms with E-state index in [0.29, 0.717) is 11.5 Å². The van der Waals surface area contributed by atoms with Gasteiger partial charge in [-0.25, -0.2) is 9.97 Å². The molecule has 0 fully saturated rings. The molecule has 0 bridgehead atoms. The van der Waals surface area contributed by atoms with Gasteiger partial charge in [0.2, 0.25) is 5.95 Å². The van der Waals surface area contributed by atoms with Crippen molar-refractivity contribution in [3.63, 3.8) is 0 Å². The lowest BCUT2D eigenvalue weighted by atomic mass is 9.81. The van der Waals surface area contributed by atoms with Gasteiger partial charge >= 0.3 is 0 Å². The molecular weight excluding hydrogens is 396 g/mol. The van der Waals surface area contributed by atoms with Gasteiger partial charge in [-0.2, -0.15) is 0 Å². The lowest BCUT2D eigenvalue weighted by molar-refractivity contribution is 0.0967. The fourth-order valence-electron chi connectivity index (χ4n) is 3.87. The summed E-state index contributed by atoms with van der Waals surface area (Å²) in [4.78, 5) is 21.6. The van der Waals surface area contributed by atoms with Gasteiger partial charge in [0, 0.05) is 36.0 Å². The number of benzene rings is 2. The Bertz CT molecular complexity index is 1200. The second-order valence-corrected chi connectivity index (χ2v) is 7.54. The van der Waals surface area contributed by atoms with Crippen LogP contribution in [0, 0.1) is 0 Å². The summed E-state index contributed by atoms with van der Waals surface area (Å²) in [5.41, 5.74) is 5.87. The molecule has 5 heteroatoms. The Morgan fingerprint density at radius 2 is 1.88 bits per heavy atom. The standard InChI is InChI=1S/C27H26N4O/c1-3-10-22(30-26(32)19-11-5-4-6-12-19)14-9-13-20-17-21-18-29-27(28-2)31-25(21)24-16-8-7-15-23(20)24/h3-16,18,20H,17H2,1-2H3,(H,30,32)(H,28,29,31)/b10-3-,13-9+,22-14+. The molecule has 2 aromatic carbocycles. The van der Waals surface area contributed by atoms with E-state index in [0.717, 1.165) is 28.9 Å². The SMILES string of the molecule is C\C=C/C(=C\C=C\C1Cc2cnc(NC)nc2-c2ccccc21)NC(=O)c1ccccc1. The maximum Gasteiger partial charge on any atom is 0.255 e. The number of hydrogen-bond acceptors (Lipinski definition) is 4. The minimum absolute atomic E-state index is 0.127. The summed E-state index contributed by atoms with van der Waals surface area (Å²) in [7, 11) is 1.83. The zero-order chi connectivity index (χ0) is 22.3. The van der Waals surface area contributed by atoms with Gasteiger partial charge in [0.1, 0.15) is 0 Å². The van der Waals surface area contributed by atoms with Gasteiger partial charge in [0.15, 0.2) is 0 Å². The van der Waals surface area contributed by atoms with Crippen molar-refractivity contribution in [3.05, 3.63) is 114 Å². The number of nitrogens with zero attached hydrogens (tertiary/aromatic N) is 2. The van der Waals surface area contributed by atoms with Crippen LogP contribution in [-0.2, 0) is 6.42 Å². The quantitative estimate of drug-likeness (QED) is 0.531. The molecule has 1 heterocycles. The number of nitrogens with one attached hydrogen (secondary N) is 2. The van der Waals surface area contributed by atoms with E-state index in [-0.39, 0.29) is 11.8 Å². The van der Waals surface area contributed by atoms with Crippen LogP contribution < -0.4 is 10.6 Å². The van der Waals surface area contributed by atoms with E-state index >= 15 is 0 Å². The Labute approximate surface area is 188 Å². The number of carbonyl (C=O) groups is 1. The first-order valence-corrected chi connectivity index (χ1v) is 10.7. The summed E-state index contributed by atoms with van der Waals surface area (Å²) >= 11 is 0. The molecule has 0 saturated heterocycles. The summed E-state index contributed by atoms with van der Waals surface area (Å²) in [6.07, 6.45) is 12.7. The average Bonchev–Trinajstić information content (AvgIpc) is 2.84. The highest BCUT2D eigenvalue weighted by Crippen LogP contribution is 2.39. The predicted molar refractivity (Wildman–Crippen MR) is 129 cm³/mol. The minimum Gasteiger partial charge on any atom is -0.357 e. The Balaban J connectivity index is 1.57. The molecule has 0 aliphatic heterocycles. The van der Waals surface area contributed by atoms with Crippen molar-refractivity contribution in [1.29, 1.82) is 0 Å². The first-order chi connectivity index (χ1) is 15.7. The maximum atomic E-state index is 12.5. The first-order valence-electron chi connectivity index (χ1n) is 10.7. The van der Waals surface area contributed by atoms with E-state index in [1.165, 1.54) is 5.56 Å². The summed E-state index contributed by atoms with van der Waals surface area (Å²) in [5.74, 6) is 0.703. The molecule has 2 N–H and O–H groups in total. The van der Waals surface area contributed by atoms with E-state index in [9.17, 15) is 4.79 Å². The molecule has 0 saturated carbocycles. The number of anilines is 1. The zero-order valence-electron chi connectivity index (χ0n) is 18.2. The molecule has 1 atom stereocenters. The largest absolute Gasteiger partial charge is 0.357 e. The van der Waals surface area contributed by atoms with Crippen LogP contribution in [0.15, 0.2) is 96.9 Å². The Kier molecular flexibility index (Phi) is 6.56. The lowest BCUT2D eigenvalue weighted by Crippen LogP contribution is -2.21. The molecule has 3 aromatic rings. The average molecular weight is 423 g/mol. The highest BCUT2D eigenvalue weighted by Gasteiger charge is 2.24. The van der Waals surface area contributed by atoms with Gasteiger partial charge in [-0.05, 0) is 48.8 Å². The number of hydrogen-bond donors (Lipinski definition) is 2. The Morgan fingerprint density at radius 1 is 1.09 bits per heavy atom. The van der Waals surface area contributed by atoms with E-state index in [4.69, 9.17) is 0 Å². The second kappa shape index (κ2) is 9.88. The molecule has 160 valence electrons. The van der Waals surface area contributed by atoms with E-state index in [1.54, 1.807) is 12.1 Å². The molecule has 0 spiro atoms. The van der Waals surface area contributed by atoms with Crippen molar-refractivity contribution in [2.24, 2.45) is 0 Å². The number of amides is 1. The number of allylic oxidation sites excluding steroid dienone is 5. The molecule has 1 unspecified atom stereocenters. The van der Waals surface area contributed by atoms with Crippen LogP contribution in [0.5, 0.6) is 0 Å². The molecule has 4 rings (SSSR count). The van der Waals surface area contributed by atoms with Gasteiger partial charge in [-0.15, -0.1) is 0 Å². The van der Waals surface area contributed by atoms with Crippen LogP contribution in [0.3, 0.4) is 0 Å². The van der Waals surface area contributed by atoms with Gasteiger partial charge < -0.3 is 10.6 Å². The number of carbonyl (C=O) groups excluding carboxylic acids is 1. The fraction of sp³-hybridized carbons (Fsp3) is 0.148. The zero-order valence-corrected chi connectivity index (χ0v) is 18.2. The third kappa shape index (κ3) is 4.67. The third-order valence-electron chi connectivity index (χ3n) is 5.40. The van der Waals surface area contributed by atoms with Gasteiger partial charge in [0.05, 0.1) is 5.69 Å². The maximum absolute atomic E-state index is 12.5. The van der Waals surface area contributed by atoms with Crippen molar-refractivity contribution in [3.8, 4) is 11.3 Å². The summed E-state index contributed by atoms with van der Waals surface area (Å²) in [6.45, 7) is 1.93. The molecular formula is C27H26N4O. The van der Waals surface area contributed by atoms with Crippen molar-refractivity contribution < 1.29 is 4.79 Å². The number of aromatic nitrogens is 2.